The Morgan fingerprint density at radius 2 is 1.73 bits per heavy atom. The molecule has 1 aromatic heterocycles. The number of nitrogens with zero attached hydrogens (tertiary/aromatic N) is 4. The number of hydrogen-bond acceptors (Lipinski definition) is 3. The molecule has 2 aliphatic heterocycles. The van der Waals surface area contributed by atoms with E-state index in [1.54, 1.807) is 27.6 Å². The molecule has 6 nitrogen and oxygen atoms in total. The van der Waals surface area contributed by atoms with Crippen molar-refractivity contribution < 1.29 is 22.8 Å². The van der Waals surface area contributed by atoms with Crippen molar-refractivity contribution in [3.8, 4) is 0 Å². The molecule has 30 heavy (non-hydrogen) atoms. The lowest BCUT2D eigenvalue weighted by molar-refractivity contribution is -0.138. The zero-order chi connectivity index (χ0) is 21.6. The van der Waals surface area contributed by atoms with Crippen molar-refractivity contribution in [3.63, 3.8) is 0 Å². The van der Waals surface area contributed by atoms with Gasteiger partial charge in [-0.25, -0.2) is 0 Å². The predicted octanol–water partition coefficient (Wildman–Crippen LogP) is 3.32. The number of carbonyl (C=O) groups excluding carboxylic acids is 2. The summed E-state index contributed by atoms with van der Waals surface area (Å²) in [6.45, 7) is 3.02. The molecule has 1 fully saturated rings. The number of amides is 2. The molecule has 0 saturated carbocycles. The molecule has 1 saturated heterocycles. The summed E-state index contributed by atoms with van der Waals surface area (Å²) in [6, 6.07) is 5.68. The van der Waals surface area contributed by atoms with Crippen LogP contribution in [0.15, 0.2) is 24.3 Å². The maximum absolute atomic E-state index is 13.3. The van der Waals surface area contributed by atoms with Gasteiger partial charge >= 0.3 is 6.18 Å². The average Bonchev–Trinajstić information content (AvgIpc) is 3.28. The fraction of sp³-hybridized carbons (Fsp3) is 0.476. The van der Waals surface area contributed by atoms with E-state index in [1.807, 2.05) is 0 Å². The summed E-state index contributed by atoms with van der Waals surface area (Å²) in [5.41, 5.74) is 1.66. The van der Waals surface area contributed by atoms with Crippen LogP contribution in [0.2, 0.25) is 0 Å². The molecule has 9 heteroatoms. The number of aryl methyl sites for hydroxylation is 1. The highest BCUT2D eigenvalue weighted by atomic mass is 19.4. The Labute approximate surface area is 172 Å². The molecule has 0 atom stereocenters. The molecule has 2 aliphatic rings. The smallest absolute Gasteiger partial charge is 0.337 e. The first-order valence-corrected chi connectivity index (χ1v) is 9.92. The number of halogens is 3. The van der Waals surface area contributed by atoms with Crippen LogP contribution in [0.4, 0.5) is 13.2 Å². The molecule has 3 heterocycles. The van der Waals surface area contributed by atoms with Crippen LogP contribution in [-0.2, 0) is 31.1 Å². The number of alkyl halides is 3. The topological polar surface area (TPSA) is 58.4 Å². The van der Waals surface area contributed by atoms with Crippen LogP contribution in [0, 0.1) is 0 Å². The summed E-state index contributed by atoms with van der Waals surface area (Å²) < 4.78 is 41.7. The van der Waals surface area contributed by atoms with E-state index in [4.69, 9.17) is 0 Å². The van der Waals surface area contributed by atoms with Gasteiger partial charge in [0.05, 0.1) is 24.3 Å². The van der Waals surface area contributed by atoms with E-state index in [9.17, 15) is 22.8 Å². The average molecular weight is 420 g/mol. The minimum atomic E-state index is -4.39. The minimum absolute atomic E-state index is 0.0613. The molecule has 0 aliphatic carbocycles. The SMILES string of the molecule is CC(=O)N1Cc2c(C(=O)N3CCC(c4ccccc4C(F)(F)F)CC3)nn(C)c2C1. The number of fused-ring (bicyclic) bond motifs is 1. The van der Waals surface area contributed by atoms with Gasteiger partial charge in [-0.15, -0.1) is 0 Å². The Hall–Kier alpha value is -2.84. The first-order valence-electron chi connectivity index (χ1n) is 9.92. The van der Waals surface area contributed by atoms with Gasteiger partial charge in [-0.05, 0) is 30.4 Å². The van der Waals surface area contributed by atoms with Crippen molar-refractivity contribution in [1.82, 2.24) is 19.6 Å². The van der Waals surface area contributed by atoms with E-state index < -0.39 is 11.7 Å². The molecule has 160 valence electrons. The van der Waals surface area contributed by atoms with Crippen LogP contribution in [0.1, 0.15) is 58.6 Å². The van der Waals surface area contributed by atoms with E-state index in [0.29, 0.717) is 50.3 Å². The van der Waals surface area contributed by atoms with E-state index in [0.717, 1.165) is 17.3 Å². The number of hydrogen-bond donors (Lipinski definition) is 0. The Morgan fingerprint density at radius 1 is 1.07 bits per heavy atom. The van der Waals surface area contributed by atoms with Crippen molar-refractivity contribution in [2.24, 2.45) is 7.05 Å². The number of aromatic nitrogens is 2. The van der Waals surface area contributed by atoms with Crippen molar-refractivity contribution in [3.05, 3.63) is 52.3 Å². The number of rotatable bonds is 2. The van der Waals surface area contributed by atoms with Gasteiger partial charge in [-0.2, -0.15) is 18.3 Å². The predicted molar refractivity (Wildman–Crippen MR) is 102 cm³/mol. The highest BCUT2D eigenvalue weighted by molar-refractivity contribution is 5.94. The quantitative estimate of drug-likeness (QED) is 0.749. The van der Waals surface area contributed by atoms with Gasteiger partial charge in [0.2, 0.25) is 5.91 Å². The molecular weight excluding hydrogens is 397 g/mol. The molecule has 0 unspecified atom stereocenters. The third-order valence-electron chi connectivity index (χ3n) is 6.10. The van der Waals surface area contributed by atoms with E-state index in [1.165, 1.54) is 19.1 Å². The van der Waals surface area contributed by atoms with Gasteiger partial charge in [0.1, 0.15) is 0 Å². The van der Waals surface area contributed by atoms with Gasteiger partial charge in [0.25, 0.3) is 5.91 Å². The van der Waals surface area contributed by atoms with Crippen molar-refractivity contribution in [2.75, 3.05) is 13.1 Å². The monoisotopic (exact) mass is 420 g/mol. The van der Waals surface area contributed by atoms with Crippen molar-refractivity contribution in [2.45, 2.75) is 44.9 Å². The van der Waals surface area contributed by atoms with Gasteiger partial charge in [0.15, 0.2) is 5.69 Å². The largest absolute Gasteiger partial charge is 0.416 e. The summed E-state index contributed by atoms with van der Waals surface area (Å²) >= 11 is 0. The molecule has 4 rings (SSSR count). The molecule has 1 aromatic carbocycles. The van der Waals surface area contributed by atoms with Crippen LogP contribution in [0.3, 0.4) is 0 Å². The summed E-state index contributed by atoms with van der Waals surface area (Å²) in [7, 11) is 1.75. The summed E-state index contributed by atoms with van der Waals surface area (Å²) in [6.07, 6.45) is -3.46. The van der Waals surface area contributed by atoms with Crippen LogP contribution in [-0.4, -0.2) is 44.5 Å². The van der Waals surface area contributed by atoms with Gasteiger partial charge in [0, 0.05) is 32.6 Å². The lowest BCUT2D eigenvalue weighted by Gasteiger charge is -2.33. The number of piperidine rings is 1. The first kappa shape index (κ1) is 20.4. The second-order valence-corrected chi connectivity index (χ2v) is 7.92. The van der Waals surface area contributed by atoms with Crippen molar-refractivity contribution in [1.29, 1.82) is 0 Å². The van der Waals surface area contributed by atoms with Gasteiger partial charge < -0.3 is 9.80 Å². The third-order valence-corrected chi connectivity index (χ3v) is 6.10. The maximum atomic E-state index is 13.3. The molecule has 2 aromatic rings. The highest BCUT2D eigenvalue weighted by Crippen LogP contribution is 2.39. The Kier molecular flexibility index (Phi) is 5.07. The summed E-state index contributed by atoms with van der Waals surface area (Å²) in [5, 5.41) is 4.36. The second kappa shape index (κ2) is 7.45. The normalized spacial score (nSPS) is 17.4. The molecule has 2 amide bonds. The standard InChI is InChI=1S/C21H23F3N4O2/c1-13(29)28-11-16-18(12-28)26(2)25-19(16)20(30)27-9-7-14(8-10-27)15-5-3-4-6-17(15)21(22,23)24/h3-6,14H,7-12H2,1-2H3. The Bertz CT molecular complexity index is 991. The lowest BCUT2D eigenvalue weighted by Crippen LogP contribution is -2.39. The molecule has 0 bridgehead atoms. The maximum Gasteiger partial charge on any atom is 0.416 e. The second-order valence-electron chi connectivity index (χ2n) is 7.92. The van der Waals surface area contributed by atoms with Crippen LogP contribution < -0.4 is 0 Å². The third kappa shape index (κ3) is 3.57. The molecule has 0 radical (unpaired) electrons. The zero-order valence-electron chi connectivity index (χ0n) is 16.9. The lowest BCUT2D eigenvalue weighted by atomic mass is 9.86. The van der Waals surface area contributed by atoms with Crippen LogP contribution in [0.25, 0.3) is 0 Å². The molecule has 0 N–H and O–H groups in total. The van der Waals surface area contributed by atoms with E-state index in [-0.39, 0.29) is 17.7 Å². The molecular formula is C21H23F3N4O2. The first-order chi connectivity index (χ1) is 14.2. The number of benzene rings is 1. The Morgan fingerprint density at radius 3 is 2.37 bits per heavy atom. The number of likely N-dealkylation sites (tertiary alicyclic amines) is 1. The highest BCUT2D eigenvalue weighted by Gasteiger charge is 2.37. The minimum Gasteiger partial charge on any atom is -0.337 e. The van der Waals surface area contributed by atoms with E-state index in [2.05, 4.69) is 5.10 Å². The fourth-order valence-electron chi connectivity index (χ4n) is 4.44. The zero-order valence-corrected chi connectivity index (χ0v) is 16.9. The summed E-state index contributed by atoms with van der Waals surface area (Å²) in [4.78, 5) is 28.1. The van der Waals surface area contributed by atoms with Gasteiger partial charge in [-0.1, -0.05) is 18.2 Å². The Balaban J connectivity index is 1.49. The van der Waals surface area contributed by atoms with Crippen molar-refractivity contribution >= 4 is 11.8 Å². The van der Waals surface area contributed by atoms with Crippen LogP contribution >= 0.6 is 0 Å². The number of carbonyl (C=O) groups is 2. The van der Waals surface area contributed by atoms with E-state index >= 15 is 0 Å². The fourth-order valence-corrected chi connectivity index (χ4v) is 4.44. The van der Waals surface area contributed by atoms with Gasteiger partial charge in [-0.3, -0.25) is 14.3 Å². The summed E-state index contributed by atoms with van der Waals surface area (Å²) in [5.74, 6) is -0.525. The van der Waals surface area contributed by atoms with Crippen LogP contribution in [0.5, 0.6) is 0 Å². The molecule has 0 spiro atoms.